The molecule has 3 amide bonds. The largest absolute Gasteiger partial charge is 0.491 e. The van der Waals surface area contributed by atoms with E-state index in [1.165, 1.54) is 81.0 Å². The van der Waals surface area contributed by atoms with E-state index in [0.717, 1.165) is 0 Å². The highest BCUT2D eigenvalue weighted by Crippen LogP contribution is 2.42. The first-order chi connectivity index (χ1) is 27.5. The molecule has 0 fully saturated rings. The highest BCUT2D eigenvalue weighted by atomic mass is 32.2. The van der Waals surface area contributed by atoms with E-state index in [0.29, 0.717) is 0 Å². The number of nitrogens with one attached hydrogen (secondary N) is 4. The molecule has 308 valence electrons. The van der Waals surface area contributed by atoms with Crippen molar-refractivity contribution in [3.05, 3.63) is 97.6 Å². The van der Waals surface area contributed by atoms with Crippen LogP contribution >= 0.6 is 0 Å². The fraction of sp³-hybridized carbons (Fsp3) is 0.275. The number of hydrogen-bond acceptors (Lipinski definition) is 13. The standard InChI is InChI=1S/C40H45N5O12S/c1-9-22-54-32-27(36(46)43-29-18-17-28(38(48)56-24-11-3)33(34(29)52-7)55-23-10-2)16-19-30(35(32)53-8)45-58(50,51)26-14-12-25(13-15-26)42-37(47)31(20-21-41)44-39(49)57-40(4,5)6/h9-19,31,45H,1-3,20,22-24H2,4-8H3,(H,42,47)(H,43,46)(H,44,49)/t31-/m0/s1. The quantitative estimate of drug-likeness (QED) is 0.0761. The molecule has 3 aromatic rings. The maximum Gasteiger partial charge on any atom is 0.408 e. The lowest BCUT2D eigenvalue weighted by Gasteiger charge is -2.22. The van der Waals surface area contributed by atoms with Crippen molar-refractivity contribution in [1.29, 1.82) is 5.26 Å². The van der Waals surface area contributed by atoms with Crippen LogP contribution in [-0.4, -0.2) is 78.0 Å². The van der Waals surface area contributed by atoms with E-state index >= 15 is 0 Å². The van der Waals surface area contributed by atoms with Crippen LogP contribution in [0.4, 0.5) is 21.9 Å². The second-order valence-corrected chi connectivity index (χ2v) is 14.4. The van der Waals surface area contributed by atoms with Crippen LogP contribution in [0.5, 0.6) is 23.0 Å². The molecule has 0 saturated heterocycles. The van der Waals surface area contributed by atoms with Crippen LogP contribution in [0.3, 0.4) is 0 Å². The lowest BCUT2D eigenvalue weighted by molar-refractivity contribution is -0.118. The van der Waals surface area contributed by atoms with E-state index in [4.69, 9.17) is 28.4 Å². The number of carbonyl (C=O) groups excluding carboxylic acids is 4. The summed E-state index contributed by atoms with van der Waals surface area (Å²) in [6.07, 6.45) is 3.01. The van der Waals surface area contributed by atoms with E-state index < -0.39 is 45.5 Å². The Morgan fingerprint density at radius 2 is 1.33 bits per heavy atom. The van der Waals surface area contributed by atoms with Gasteiger partial charge >= 0.3 is 12.1 Å². The number of anilines is 3. The van der Waals surface area contributed by atoms with Crippen LogP contribution in [0.2, 0.25) is 0 Å². The molecule has 0 heterocycles. The number of amides is 3. The number of ether oxygens (including phenoxy) is 6. The number of benzene rings is 3. The maximum absolute atomic E-state index is 13.8. The van der Waals surface area contributed by atoms with Gasteiger partial charge in [-0.3, -0.25) is 14.3 Å². The molecule has 0 unspecified atom stereocenters. The van der Waals surface area contributed by atoms with Gasteiger partial charge in [-0.05, 0) is 69.3 Å². The van der Waals surface area contributed by atoms with E-state index in [2.05, 4.69) is 40.4 Å². The molecule has 4 N–H and O–H groups in total. The molecule has 3 rings (SSSR count). The number of rotatable bonds is 20. The molecule has 58 heavy (non-hydrogen) atoms. The zero-order chi connectivity index (χ0) is 43.0. The Bertz CT molecular complexity index is 2180. The summed E-state index contributed by atoms with van der Waals surface area (Å²) in [6.45, 7) is 15.5. The summed E-state index contributed by atoms with van der Waals surface area (Å²) < 4.78 is 62.5. The maximum atomic E-state index is 13.8. The van der Waals surface area contributed by atoms with Gasteiger partial charge in [-0.1, -0.05) is 38.0 Å². The van der Waals surface area contributed by atoms with Crippen molar-refractivity contribution in [2.24, 2.45) is 0 Å². The minimum atomic E-state index is -4.32. The molecule has 17 nitrogen and oxygen atoms in total. The Balaban J connectivity index is 1.91. The molecule has 1 atom stereocenters. The molecule has 0 saturated carbocycles. The van der Waals surface area contributed by atoms with Crippen molar-refractivity contribution in [1.82, 2.24) is 5.32 Å². The molecule has 0 bridgehead atoms. The summed E-state index contributed by atoms with van der Waals surface area (Å²) in [6, 6.07) is 11.0. The summed E-state index contributed by atoms with van der Waals surface area (Å²) in [4.78, 5) is 51.5. The van der Waals surface area contributed by atoms with Crippen molar-refractivity contribution >= 4 is 51.0 Å². The number of sulfonamides is 1. The monoisotopic (exact) mass is 819 g/mol. The third kappa shape index (κ3) is 12.2. The van der Waals surface area contributed by atoms with Crippen molar-refractivity contribution < 1.29 is 56.0 Å². The molecule has 0 aliphatic heterocycles. The molecule has 0 aromatic heterocycles. The Morgan fingerprint density at radius 3 is 1.88 bits per heavy atom. The van der Waals surface area contributed by atoms with Gasteiger partial charge in [0.2, 0.25) is 5.91 Å². The topological polar surface area (TPSA) is 230 Å². The lowest BCUT2D eigenvalue weighted by atomic mass is 10.1. The highest BCUT2D eigenvalue weighted by Gasteiger charge is 2.28. The van der Waals surface area contributed by atoms with E-state index in [1.807, 2.05) is 6.07 Å². The first kappa shape index (κ1) is 45.4. The predicted molar refractivity (Wildman–Crippen MR) is 215 cm³/mol. The number of nitrogens with zero attached hydrogens (tertiary/aromatic N) is 1. The molecule has 0 spiro atoms. The third-order valence-corrected chi connectivity index (χ3v) is 8.73. The van der Waals surface area contributed by atoms with Crippen molar-refractivity contribution in [2.45, 2.75) is 43.7 Å². The summed E-state index contributed by atoms with van der Waals surface area (Å²) in [5, 5.41) is 16.8. The highest BCUT2D eigenvalue weighted by molar-refractivity contribution is 7.92. The van der Waals surface area contributed by atoms with Gasteiger partial charge in [-0.25, -0.2) is 18.0 Å². The van der Waals surface area contributed by atoms with E-state index in [-0.39, 0.29) is 82.3 Å². The zero-order valence-corrected chi connectivity index (χ0v) is 33.4. The summed E-state index contributed by atoms with van der Waals surface area (Å²) in [5.41, 5.74) is -0.725. The van der Waals surface area contributed by atoms with Gasteiger partial charge in [0, 0.05) is 5.69 Å². The second-order valence-electron chi connectivity index (χ2n) is 12.8. The summed E-state index contributed by atoms with van der Waals surface area (Å²) in [5.74, 6) is -2.51. The molecule has 0 aliphatic carbocycles. The van der Waals surface area contributed by atoms with Crippen LogP contribution < -0.4 is 39.6 Å². The van der Waals surface area contributed by atoms with Crippen molar-refractivity contribution in [3.8, 4) is 29.1 Å². The average molecular weight is 820 g/mol. The Labute approximate surface area is 336 Å². The summed E-state index contributed by atoms with van der Waals surface area (Å²) in [7, 11) is -1.76. The molecular weight excluding hydrogens is 775 g/mol. The number of alkyl carbamates (subject to hydrolysis) is 1. The van der Waals surface area contributed by atoms with Crippen molar-refractivity contribution in [3.63, 3.8) is 0 Å². The molecule has 0 aliphatic rings. The third-order valence-electron chi connectivity index (χ3n) is 7.35. The summed E-state index contributed by atoms with van der Waals surface area (Å²) >= 11 is 0. The second kappa shape index (κ2) is 20.8. The van der Waals surface area contributed by atoms with Crippen LogP contribution in [0.15, 0.2) is 91.4 Å². The minimum absolute atomic E-state index is 0.00167. The van der Waals surface area contributed by atoms with Crippen LogP contribution in [0.1, 0.15) is 47.9 Å². The Kier molecular flexibility index (Phi) is 16.3. The Morgan fingerprint density at radius 1 is 0.776 bits per heavy atom. The van der Waals surface area contributed by atoms with Gasteiger partial charge < -0.3 is 44.4 Å². The number of methoxy groups -OCH3 is 2. The van der Waals surface area contributed by atoms with Gasteiger partial charge in [0.15, 0.2) is 23.0 Å². The fourth-order valence-electron chi connectivity index (χ4n) is 4.92. The van der Waals surface area contributed by atoms with Crippen LogP contribution in [0, 0.1) is 11.3 Å². The minimum Gasteiger partial charge on any atom is -0.491 e. The van der Waals surface area contributed by atoms with Crippen LogP contribution in [-0.2, 0) is 24.3 Å². The van der Waals surface area contributed by atoms with E-state index in [1.54, 1.807) is 20.8 Å². The first-order valence-electron chi connectivity index (χ1n) is 17.3. The van der Waals surface area contributed by atoms with Gasteiger partial charge in [-0.2, -0.15) is 5.26 Å². The van der Waals surface area contributed by atoms with Crippen molar-refractivity contribution in [2.75, 3.05) is 49.4 Å². The van der Waals surface area contributed by atoms with Gasteiger partial charge in [-0.15, -0.1) is 0 Å². The van der Waals surface area contributed by atoms with Crippen LogP contribution in [0.25, 0.3) is 0 Å². The predicted octanol–water partition coefficient (Wildman–Crippen LogP) is 5.97. The Hall–Kier alpha value is -7.00. The number of hydrogen-bond donors (Lipinski definition) is 4. The number of nitriles is 1. The molecule has 18 heteroatoms. The zero-order valence-electron chi connectivity index (χ0n) is 32.6. The van der Waals surface area contributed by atoms with Gasteiger partial charge in [0.05, 0.1) is 48.5 Å². The number of carbonyl (C=O) groups is 4. The fourth-order valence-corrected chi connectivity index (χ4v) is 5.99. The first-order valence-corrected chi connectivity index (χ1v) is 18.8. The lowest BCUT2D eigenvalue weighted by Crippen LogP contribution is -2.45. The molecule has 0 radical (unpaired) electrons. The molecular formula is C40H45N5O12S. The van der Waals surface area contributed by atoms with Gasteiger partial charge in [0.1, 0.15) is 37.0 Å². The number of esters is 1. The normalized spacial score (nSPS) is 11.3. The van der Waals surface area contributed by atoms with E-state index in [9.17, 15) is 32.9 Å². The SMILES string of the molecule is C=CCOC(=O)c1ccc(NC(=O)c2ccc(NS(=O)(=O)c3ccc(NC(=O)[C@H](CC#N)NC(=O)OC(C)(C)C)cc3)c(OC)c2OCC=C)c(OC)c1OCC=C. The van der Waals surface area contributed by atoms with Gasteiger partial charge in [0.25, 0.3) is 15.9 Å². The molecule has 3 aromatic carbocycles. The smallest absolute Gasteiger partial charge is 0.408 e. The average Bonchev–Trinajstić information content (AvgIpc) is 3.17.